The average molecular weight is 317 g/mol. The van der Waals surface area contributed by atoms with Gasteiger partial charge in [0.05, 0.1) is 0 Å². The van der Waals surface area contributed by atoms with Crippen molar-refractivity contribution in [1.82, 2.24) is 10.0 Å². The third kappa shape index (κ3) is 5.68. The van der Waals surface area contributed by atoms with Crippen molar-refractivity contribution in [3.05, 3.63) is 24.0 Å². The van der Waals surface area contributed by atoms with E-state index in [1.807, 2.05) is 20.8 Å². The van der Waals surface area contributed by atoms with Gasteiger partial charge >= 0.3 is 0 Å². The quantitative estimate of drug-likeness (QED) is 0.705. The molecule has 1 rings (SSSR count). The van der Waals surface area contributed by atoms with Crippen molar-refractivity contribution in [2.45, 2.75) is 37.6 Å². The summed E-state index contributed by atoms with van der Waals surface area (Å²) in [4.78, 5) is 11.1. The smallest absolute Gasteiger partial charge is 0.243 e. The molecule has 0 heterocycles. The minimum atomic E-state index is -4.01. The van der Waals surface area contributed by atoms with Crippen LogP contribution in [-0.2, 0) is 14.8 Å². The molecule has 0 spiro atoms. The second-order valence-corrected chi connectivity index (χ2v) is 7.37. The molecule has 0 aliphatic heterocycles. The summed E-state index contributed by atoms with van der Waals surface area (Å²) in [6.45, 7) is 5.34. The molecule has 0 radical (unpaired) electrons. The van der Waals surface area contributed by atoms with Gasteiger partial charge in [-0.25, -0.2) is 17.5 Å². The number of halogens is 1. The zero-order valence-corrected chi connectivity index (χ0v) is 13.1. The van der Waals surface area contributed by atoms with Crippen LogP contribution in [0.2, 0.25) is 0 Å². The molecular formula is C13H20FN3O3S. The summed E-state index contributed by atoms with van der Waals surface area (Å²) < 4.78 is 39.6. The zero-order valence-electron chi connectivity index (χ0n) is 12.2. The number of hydrogen-bond donors (Lipinski definition) is 3. The van der Waals surface area contributed by atoms with Crippen LogP contribution in [0.4, 0.5) is 10.1 Å². The highest BCUT2D eigenvalue weighted by molar-refractivity contribution is 7.89. The molecule has 1 aromatic carbocycles. The van der Waals surface area contributed by atoms with Gasteiger partial charge in [0.15, 0.2) is 0 Å². The summed E-state index contributed by atoms with van der Waals surface area (Å²) in [6.07, 6.45) is -0.0346. The fourth-order valence-electron chi connectivity index (χ4n) is 1.59. The molecule has 6 nitrogen and oxygen atoms in total. The van der Waals surface area contributed by atoms with Crippen LogP contribution >= 0.6 is 0 Å². The molecule has 1 aromatic rings. The molecule has 0 unspecified atom stereocenters. The number of carbonyl (C=O) groups is 1. The lowest BCUT2D eigenvalue weighted by atomic mass is 10.1. The Kier molecular flexibility index (Phi) is 5.30. The maximum atomic E-state index is 13.6. The average Bonchev–Trinajstić information content (AvgIpc) is 2.25. The maximum Gasteiger partial charge on any atom is 0.243 e. The Bertz CT molecular complexity index is 624. The number of amides is 1. The molecule has 0 bridgehead atoms. The molecule has 0 aliphatic carbocycles. The SMILES string of the molecule is CC(C)(C)NC(=O)CCNS(=O)(=O)c1ccc(N)cc1F. The van der Waals surface area contributed by atoms with Crippen molar-refractivity contribution in [2.75, 3.05) is 12.3 Å². The van der Waals surface area contributed by atoms with Gasteiger partial charge in [0.2, 0.25) is 15.9 Å². The van der Waals surface area contributed by atoms with Crippen molar-refractivity contribution in [2.24, 2.45) is 0 Å². The first-order valence-electron chi connectivity index (χ1n) is 6.37. The van der Waals surface area contributed by atoms with Crippen LogP contribution in [0.25, 0.3) is 0 Å². The number of anilines is 1. The number of hydrogen-bond acceptors (Lipinski definition) is 4. The summed E-state index contributed by atoms with van der Waals surface area (Å²) in [5.74, 6) is -1.22. The van der Waals surface area contributed by atoms with Crippen molar-refractivity contribution in [3.63, 3.8) is 0 Å². The predicted molar refractivity (Wildman–Crippen MR) is 78.5 cm³/mol. The van der Waals surface area contributed by atoms with Gasteiger partial charge in [0.25, 0.3) is 0 Å². The van der Waals surface area contributed by atoms with Crippen LogP contribution in [0.5, 0.6) is 0 Å². The van der Waals surface area contributed by atoms with Gasteiger partial charge in [-0.05, 0) is 39.0 Å². The van der Waals surface area contributed by atoms with Gasteiger partial charge in [-0.3, -0.25) is 4.79 Å². The van der Waals surface area contributed by atoms with Crippen molar-refractivity contribution in [3.8, 4) is 0 Å². The molecule has 8 heteroatoms. The van der Waals surface area contributed by atoms with Crippen LogP contribution < -0.4 is 15.8 Å². The third-order valence-electron chi connectivity index (χ3n) is 2.40. The minimum absolute atomic E-state index is 0.0346. The summed E-state index contributed by atoms with van der Waals surface area (Å²) in [6, 6.07) is 3.31. The summed E-state index contributed by atoms with van der Waals surface area (Å²) in [5.41, 5.74) is 5.11. The standard InChI is InChI=1S/C13H20FN3O3S/c1-13(2,3)17-12(18)6-7-16-21(19,20)11-5-4-9(15)8-10(11)14/h4-5,8,16H,6-7,15H2,1-3H3,(H,17,18). The summed E-state index contributed by atoms with van der Waals surface area (Å²) in [5, 5.41) is 2.70. The van der Waals surface area contributed by atoms with E-state index >= 15 is 0 Å². The van der Waals surface area contributed by atoms with Crippen LogP contribution in [0.15, 0.2) is 23.1 Å². The fourth-order valence-corrected chi connectivity index (χ4v) is 2.68. The van der Waals surface area contributed by atoms with E-state index in [1.165, 1.54) is 6.07 Å². The molecule has 1 amide bonds. The molecule has 0 atom stereocenters. The summed E-state index contributed by atoms with van der Waals surface area (Å²) in [7, 11) is -4.01. The van der Waals surface area contributed by atoms with E-state index in [0.717, 1.165) is 12.1 Å². The van der Waals surface area contributed by atoms with Crippen LogP contribution in [0, 0.1) is 5.82 Å². The second-order valence-electron chi connectivity index (χ2n) is 5.64. The van der Waals surface area contributed by atoms with Gasteiger partial charge in [-0.15, -0.1) is 0 Å². The van der Waals surface area contributed by atoms with Gasteiger partial charge in [-0.2, -0.15) is 0 Å². The number of rotatable bonds is 5. The predicted octanol–water partition coefficient (Wildman–Crippen LogP) is 0.991. The Morgan fingerprint density at radius 1 is 1.33 bits per heavy atom. The lowest BCUT2D eigenvalue weighted by molar-refractivity contribution is -0.122. The van der Waals surface area contributed by atoms with Gasteiger partial charge in [0, 0.05) is 24.2 Å². The van der Waals surface area contributed by atoms with Crippen molar-refractivity contribution in [1.29, 1.82) is 0 Å². The maximum absolute atomic E-state index is 13.6. The molecule has 118 valence electrons. The Hall–Kier alpha value is -1.67. The normalized spacial score (nSPS) is 12.2. The number of sulfonamides is 1. The lowest BCUT2D eigenvalue weighted by Gasteiger charge is -2.20. The summed E-state index contributed by atoms with van der Waals surface area (Å²) >= 11 is 0. The molecule has 21 heavy (non-hydrogen) atoms. The van der Waals surface area contributed by atoms with Crippen LogP contribution in [0.1, 0.15) is 27.2 Å². The molecule has 0 aliphatic rings. The van der Waals surface area contributed by atoms with Crippen LogP contribution in [0.3, 0.4) is 0 Å². The van der Waals surface area contributed by atoms with Crippen molar-refractivity contribution < 1.29 is 17.6 Å². The minimum Gasteiger partial charge on any atom is -0.399 e. The Balaban J connectivity index is 2.64. The first-order valence-corrected chi connectivity index (χ1v) is 7.85. The van der Waals surface area contributed by atoms with Crippen molar-refractivity contribution >= 4 is 21.6 Å². The fraction of sp³-hybridized carbons (Fsp3) is 0.462. The molecular weight excluding hydrogens is 297 g/mol. The molecule has 0 fully saturated rings. The zero-order chi connectivity index (χ0) is 16.3. The molecule has 0 saturated heterocycles. The molecule has 0 saturated carbocycles. The number of benzene rings is 1. The number of carbonyl (C=O) groups excluding carboxylic acids is 1. The van der Waals surface area contributed by atoms with Crippen LogP contribution in [-0.4, -0.2) is 26.4 Å². The Labute approximate surface area is 124 Å². The Morgan fingerprint density at radius 2 is 1.95 bits per heavy atom. The first-order chi connectivity index (χ1) is 9.51. The van der Waals surface area contributed by atoms with Gasteiger partial charge in [-0.1, -0.05) is 0 Å². The van der Waals surface area contributed by atoms with E-state index in [2.05, 4.69) is 10.0 Å². The third-order valence-corrected chi connectivity index (χ3v) is 3.90. The topological polar surface area (TPSA) is 101 Å². The van der Waals surface area contributed by atoms with E-state index in [4.69, 9.17) is 5.73 Å². The lowest BCUT2D eigenvalue weighted by Crippen LogP contribution is -2.42. The monoisotopic (exact) mass is 317 g/mol. The van der Waals surface area contributed by atoms with Gasteiger partial charge < -0.3 is 11.1 Å². The highest BCUT2D eigenvalue weighted by Gasteiger charge is 2.20. The molecule has 0 aromatic heterocycles. The highest BCUT2D eigenvalue weighted by atomic mass is 32.2. The van der Waals surface area contributed by atoms with E-state index in [9.17, 15) is 17.6 Å². The molecule has 4 N–H and O–H groups in total. The van der Waals surface area contributed by atoms with E-state index < -0.39 is 20.7 Å². The van der Waals surface area contributed by atoms with E-state index in [1.54, 1.807) is 0 Å². The van der Waals surface area contributed by atoms with Gasteiger partial charge in [0.1, 0.15) is 10.7 Å². The second kappa shape index (κ2) is 6.40. The van der Waals surface area contributed by atoms with E-state index in [-0.39, 0.29) is 30.1 Å². The number of nitrogen functional groups attached to an aromatic ring is 1. The van der Waals surface area contributed by atoms with E-state index in [0.29, 0.717) is 0 Å². The first kappa shape index (κ1) is 17.4. The highest BCUT2D eigenvalue weighted by Crippen LogP contribution is 2.16. The number of nitrogens with two attached hydrogens (primary N) is 1. The Morgan fingerprint density at radius 3 is 2.48 bits per heavy atom. The largest absolute Gasteiger partial charge is 0.399 e. The number of nitrogens with one attached hydrogen (secondary N) is 2.